The Morgan fingerprint density at radius 2 is 1.43 bits per heavy atom. The van der Waals surface area contributed by atoms with E-state index in [-0.39, 0.29) is 30.2 Å². The summed E-state index contributed by atoms with van der Waals surface area (Å²) in [4.78, 5) is 1.14. The predicted octanol–water partition coefficient (Wildman–Crippen LogP) is 1.10. The Balaban J connectivity index is 1.36. The Hall–Kier alpha value is -3.06. The second kappa shape index (κ2) is 9.67. The second-order valence-electron chi connectivity index (χ2n) is 9.27. The highest BCUT2D eigenvalue weighted by molar-refractivity contribution is 5.46. The van der Waals surface area contributed by atoms with Crippen molar-refractivity contribution in [1.29, 1.82) is 0 Å². The van der Waals surface area contributed by atoms with Gasteiger partial charge in [-0.25, -0.2) is 4.90 Å². The molecule has 6 N–H and O–H groups in total. The Morgan fingerprint density at radius 3 is 2.05 bits per heavy atom. The summed E-state index contributed by atoms with van der Waals surface area (Å²) in [5, 5.41) is 62.8. The van der Waals surface area contributed by atoms with Crippen molar-refractivity contribution in [1.82, 2.24) is 4.90 Å². The third kappa shape index (κ3) is 5.06. The number of nitrogens with zero attached hydrogens (tertiary/aromatic N) is 1. The SMILES string of the molecule is OC1(O)Oc2ccc(C(O)(O)C(O)(O)N3CCCC(OC(c4ccccc4)c4ccccc4)C3)cc2O1. The average Bonchev–Trinajstić information content (AvgIpc) is 3.21. The molecule has 37 heavy (non-hydrogen) atoms. The summed E-state index contributed by atoms with van der Waals surface area (Å²) < 4.78 is 16.0. The lowest BCUT2D eigenvalue weighted by molar-refractivity contribution is -0.425. The van der Waals surface area contributed by atoms with Crippen molar-refractivity contribution in [2.45, 2.75) is 42.9 Å². The molecule has 5 rings (SSSR count). The molecule has 0 aromatic heterocycles. The Bertz CT molecular complexity index is 1180. The van der Waals surface area contributed by atoms with E-state index in [1.807, 2.05) is 60.7 Å². The van der Waals surface area contributed by atoms with Gasteiger partial charge in [0, 0.05) is 18.7 Å². The molecule has 2 aliphatic rings. The summed E-state index contributed by atoms with van der Waals surface area (Å²) in [6.07, 6.45) is -2.62. The normalized spacial score (nSPS) is 19.8. The van der Waals surface area contributed by atoms with Crippen molar-refractivity contribution in [3.63, 3.8) is 0 Å². The van der Waals surface area contributed by atoms with Gasteiger partial charge >= 0.3 is 6.16 Å². The molecule has 196 valence electrons. The van der Waals surface area contributed by atoms with Crippen molar-refractivity contribution >= 4 is 0 Å². The number of ether oxygens (including phenoxy) is 3. The Kier molecular flexibility index (Phi) is 6.69. The lowest BCUT2D eigenvalue weighted by Crippen LogP contribution is -2.65. The van der Waals surface area contributed by atoms with Crippen molar-refractivity contribution in [3.8, 4) is 11.5 Å². The number of hydrogen-bond acceptors (Lipinski definition) is 10. The quantitative estimate of drug-likeness (QED) is 0.254. The molecule has 1 unspecified atom stereocenters. The first-order valence-corrected chi connectivity index (χ1v) is 11.9. The molecule has 0 radical (unpaired) electrons. The van der Waals surface area contributed by atoms with E-state index in [2.05, 4.69) is 0 Å². The zero-order chi connectivity index (χ0) is 26.3. The molecule has 2 heterocycles. The molecule has 3 aromatic carbocycles. The highest BCUT2D eigenvalue weighted by Crippen LogP contribution is 2.42. The zero-order valence-electron chi connectivity index (χ0n) is 19.8. The van der Waals surface area contributed by atoms with Gasteiger partial charge in [0.15, 0.2) is 11.5 Å². The molecule has 10 heteroatoms. The van der Waals surface area contributed by atoms with Crippen LogP contribution in [0, 0.1) is 0 Å². The van der Waals surface area contributed by atoms with Crippen molar-refractivity contribution in [3.05, 3.63) is 95.6 Å². The number of piperidine rings is 1. The maximum absolute atomic E-state index is 11.0. The number of rotatable bonds is 7. The van der Waals surface area contributed by atoms with Gasteiger partial charge in [0.1, 0.15) is 6.10 Å². The Morgan fingerprint density at radius 1 is 0.838 bits per heavy atom. The molecule has 1 atom stereocenters. The summed E-state index contributed by atoms with van der Waals surface area (Å²) in [5.74, 6) is -6.57. The van der Waals surface area contributed by atoms with Crippen LogP contribution in [0.5, 0.6) is 11.5 Å². The van der Waals surface area contributed by atoms with Gasteiger partial charge in [-0.15, -0.1) is 0 Å². The number of fused-ring (bicyclic) bond motifs is 1. The Labute approximate surface area is 213 Å². The number of hydrogen-bond donors (Lipinski definition) is 6. The standard InChI is InChI=1S/C27H29NO9/c29-25(30,20-13-14-22-23(16-20)37-27(33,34)36-22)26(31,32)28-15-7-12-21(17-28)35-24(18-8-3-1-4-9-18)19-10-5-2-6-11-19/h1-6,8-11,13-14,16,21,24,29-34H,7,12,15,17H2. The monoisotopic (exact) mass is 511 g/mol. The van der Waals surface area contributed by atoms with E-state index in [1.54, 1.807) is 0 Å². The van der Waals surface area contributed by atoms with Crippen molar-refractivity contribution in [2.24, 2.45) is 0 Å². The van der Waals surface area contributed by atoms with E-state index in [1.165, 1.54) is 6.07 Å². The fourth-order valence-electron chi connectivity index (χ4n) is 4.74. The lowest BCUT2D eigenvalue weighted by atomic mass is 9.97. The molecule has 0 aliphatic carbocycles. The highest BCUT2D eigenvalue weighted by atomic mass is 17.0. The van der Waals surface area contributed by atoms with Gasteiger partial charge in [-0.1, -0.05) is 60.7 Å². The molecule has 2 aliphatic heterocycles. The smallest absolute Gasteiger partial charge is 0.403 e. The van der Waals surface area contributed by atoms with E-state index in [9.17, 15) is 30.6 Å². The second-order valence-corrected chi connectivity index (χ2v) is 9.27. The van der Waals surface area contributed by atoms with E-state index >= 15 is 0 Å². The summed E-state index contributed by atoms with van der Waals surface area (Å²) in [7, 11) is 0. The van der Waals surface area contributed by atoms with Gasteiger partial charge < -0.3 is 34.6 Å². The van der Waals surface area contributed by atoms with Gasteiger partial charge in [-0.3, -0.25) is 10.2 Å². The van der Waals surface area contributed by atoms with E-state index in [0.717, 1.165) is 28.2 Å². The first kappa shape index (κ1) is 25.6. The minimum atomic E-state index is -3.18. The van der Waals surface area contributed by atoms with E-state index < -0.39 is 30.1 Å². The van der Waals surface area contributed by atoms with Crippen LogP contribution in [-0.2, 0) is 10.5 Å². The molecular formula is C27H29NO9. The molecule has 3 aromatic rings. The molecular weight excluding hydrogens is 482 g/mol. The van der Waals surface area contributed by atoms with Crippen LogP contribution in [0.4, 0.5) is 0 Å². The van der Waals surface area contributed by atoms with Gasteiger partial charge in [-0.2, -0.15) is 0 Å². The molecule has 0 saturated carbocycles. The van der Waals surface area contributed by atoms with Crippen LogP contribution < -0.4 is 9.47 Å². The first-order valence-electron chi connectivity index (χ1n) is 11.9. The predicted molar refractivity (Wildman–Crippen MR) is 129 cm³/mol. The molecule has 0 bridgehead atoms. The summed E-state index contributed by atoms with van der Waals surface area (Å²) in [5.41, 5.74) is 1.52. The van der Waals surface area contributed by atoms with Gasteiger partial charge in [0.25, 0.3) is 11.7 Å². The van der Waals surface area contributed by atoms with E-state index in [4.69, 9.17) is 14.2 Å². The van der Waals surface area contributed by atoms with Crippen LogP contribution in [0.1, 0.15) is 35.6 Å². The van der Waals surface area contributed by atoms with Crippen LogP contribution in [0.3, 0.4) is 0 Å². The molecule has 0 amide bonds. The van der Waals surface area contributed by atoms with Gasteiger partial charge in [0.2, 0.25) is 0 Å². The third-order valence-electron chi connectivity index (χ3n) is 6.65. The van der Waals surface area contributed by atoms with Crippen molar-refractivity contribution in [2.75, 3.05) is 13.1 Å². The maximum Gasteiger partial charge on any atom is 0.505 e. The van der Waals surface area contributed by atoms with Crippen LogP contribution in [-0.4, -0.2) is 66.8 Å². The van der Waals surface area contributed by atoms with E-state index in [0.29, 0.717) is 12.8 Å². The van der Waals surface area contributed by atoms with Gasteiger partial charge in [-0.05, 0) is 42.2 Å². The minimum Gasteiger partial charge on any atom is -0.403 e. The fourth-order valence-corrected chi connectivity index (χ4v) is 4.74. The fraction of sp³-hybridized carbons (Fsp3) is 0.333. The highest BCUT2D eigenvalue weighted by Gasteiger charge is 2.55. The van der Waals surface area contributed by atoms with Gasteiger partial charge in [0.05, 0.1) is 6.10 Å². The molecule has 10 nitrogen and oxygen atoms in total. The number of aliphatic hydroxyl groups is 6. The molecule has 1 saturated heterocycles. The largest absolute Gasteiger partial charge is 0.505 e. The zero-order valence-corrected chi connectivity index (χ0v) is 19.8. The summed E-state index contributed by atoms with van der Waals surface area (Å²) in [6.45, 7) is 0.172. The van der Waals surface area contributed by atoms with Crippen LogP contribution in [0.15, 0.2) is 78.9 Å². The summed E-state index contributed by atoms with van der Waals surface area (Å²) >= 11 is 0. The number of benzene rings is 3. The van der Waals surface area contributed by atoms with Crippen LogP contribution in [0.25, 0.3) is 0 Å². The number of likely N-dealkylation sites (tertiary alicyclic amines) is 1. The lowest BCUT2D eigenvalue weighted by Gasteiger charge is -2.46. The van der Waals surface area contributed by atoms with Crippen LogP contribution in [0.2, 0.25) is 0 Å². The first-order chi connectivity index (χ1) is 17.6. The molecule has 1 fully saturated rings. The third-order valence-corrected chi connectivity index (χ3v) is 6.65. The summed E-state index contributed by atoms with van der Waals surface area (Å²) in [6, 6.07) is 22.7. The van der Waals surface area contributed by atoms with Crippen LogP contribution >= 0.6 is 0 Å². The average molecular weight is 512 g/mol. The molecule has 0 spiro atoms. The van der Waals surface area contributed by atoms with Crippen molar-refractivity contribution < 1.29 is 44.8 Å². The topological polar surface area (TPSA) is 152 Å². The maximum atomic E-state index is 11.0. The minimum absolute atomic E-state index is 0.00692.